The molecule has 14 unspecified atom stereocenters. The number of benzene rings is 1. The van der Waals surface area contributed by atoms with E-state index >= 15 is 0 Å². The van der Waals surface area contributed by atoms with E-state index in [0.717, 1.165) is 94.6 Å². The van der Waals surface area contributed by atoms with Crippen LogP contribution in [0.5, 0.6) is 0 Å². The number of carboxylic acid groups (broad SMARTS) is 1. The lowest BCUT2D eigenvalue weighted by Gasteiger charge is -2.49. The van der Waals surface area contributed by atoms with E-state index in [1.807, 2.05) is 6.92 Å². The number of aliphatic hydroxyl groups excluding tert-OH is 5. The van der Waals surface area contributed by atoms with Gasteiger partial charge in [-0.1, -0.05) is 54.2 Å². The van der Waals surface area contributed by atoms with Crippen LogP contribution >= 0.6 is 15.9 Å². The van der Waals surface area contributed by atoms with E-state index < -0.39 is 104 Å². The Morgan fingerprint density at radius 3 is 2.30 bits per heavy atom. The number of rotatable bonds is 21. The second kappa shape index (κ2) is 29.1. The van der Waals surface area contributed by atoms with Gasteiger partial charge < -0.3 is 80.9 Å². The van der Waals surface area contributed by atoms with Crippen molar-refractivity contribution < 1.29 is 68.7 Å². The molecular formula is C50H83BrN6O14. The topological polar surface area (TPSA) is 282 Å². The number of ether oxygens (including phenoxy) is 5. The minimum Gasteiger partial charge on any atom is -0.479 e. The summed E-state index contributed by atoms with van der Waals surface area (Å²) in [6.45, 7) is 14.0. The number of carboxylic acids is 1. The maximum Gasteiger partial charge on any atom is 0.332 e. The fraction of sp³-hybridized carbons (Fsp3) is 0.820. The lowest BCUT2D eigenvalue weighted by Crippen LogP contribution is -2.67. The Morgan fingerprint density at radius 2 is 1.62 bits per heavy atom. The predicted molar refractivity (Wildman–Crippen MR) is 265 cm³/mol. The minimum absolute atomic E-state index is 0.0125. The Morgan fingerprint density at radius 1 is 0.887 bits per heavy atom. The van der Waals surface area contributed by atoms with Crippen LogP contribution in [0, 0.1) is 17.8 Å². The standard InChI is InChI=1S/C50H83BrN6O14/c1-4-33-24-35(37(60)8-5-13-55-26-32-11-12-34(36(51)22-32)27-57-20-7-16-53-18-17-52-14-6-15-54-19-21-57)25-38(46(33)71-50-45(64)44(63)42(61)29(2)67-50)69-49-41(56-30(3)59)47(43(62)40(28-58)70-49)68-39(48(65)66)23-31-9-10-31/h11-12,22,29,31,33,35,38-47,49-50,52-55,58,61-64H,4-10,13-21,23-28H2,1-3H3,(H,56,59)(H,65,66)/t29?,33?,35?,38?,39-,40?,41?,42?,43?,44?,45?,46?,47?,49?,50?/m0/s1. The predicted octanol–water partition coefficient (Wildman–Crippen LogP) is 0.508. The minimum atomic E-state index is -1.63. The number of aliphatic carboxylic acids is 1. The van der Waals surface area contributed by atoms with Crippen molar-refractivity contribution in [3.8, 4) is 0 Å². The van der Waals surface area contributed by atoms with Crippen molar-refractivity contribution in [1.82, 2.24) is 31.5 Å². The van der Waals surface area contributed by atoms with Crippen molar-refractivity contribution >= 4 is 33.6 Å². The summed E-state index contributed by atoms with van der Waals surface area (Å²) in [7, 11) is 0. The smallest absolute Gasteiger partial charge is 0.332 e. The number of halogens is 1. The molecule has 3 saturated heterocycles. The number of hydrogen-bond donors (Lipinski definition) is 11. The zero-order chi connectivity index (χ0) is 51.0. The number of carbonyl (C=O) groups is 3. The van der Waals surface area contributed by atoms with Crippen LogP contribution in [0.15, 0.2) is 22.7 Å². The molecule has 404 valence electrons. The van der Waals surface area contributed by atoms with E-state index in [2.05, 4.69) is 65.6 Å². The molecular weight excluding hydrogens is 988 g/mol. The van der Waals surface area contributed by atoms with E-state index in [-0.39, 0.29) is 36.9 Å². The lowest BCUT2D eigenvalue weighted by atomic mass is 9.74. The van der Waals surface area contributed by atoms with E-state index in [1.54, 1.807) is 6.92 Å². The molecule has 0 radical (unpaired) electrons. The van der Waals surface area contributed by atoms with Crippen LogP contribution in [0.3, 0.4) is 0 Å². The maximum atomic E-state index is 14.2. The first-order valence-electron chi connectivity index (χ1n) is 26.1. The van der Waals surface area contributed by atoms with E-state index in [4.69, 9.17) is 23.7 Å². The summed E-state index contributed by atoms with van der Waals surface area (Å²) >= 11 is 3.83. The average Bonchev–Trinajstić information content (AvgIpc) is 4.17. The fourth-order valence-electron chi connectivity index (χ4n) is 10.3. The molecule has 2 aliphatic carbocycles. The fourth-order valence-corrected chi connectivity index (χ4v) is 10.8. The average molecular weight is 1070 g/mol. The van der Waals surface area contributed by atoms with Gasteiger partial charge in [-0.2, -0.15) is 0 Å². The summed E-state index contributed by atoms with van der Waals surface area (Å²) in [6.07, 6.45) is -9.79. The van der Waals surface area contributed by atoms with Crippen molar-refractivity contribution in [2.24, 2.45) is 17.8 Å². The molecule has 0 bridgehead atoms. The largest absolute Gasteiger partial charge is 0.479 e. The summed E-state index contributed by atoms with van der Waals surface area (Å²) in [5.41, 5.74) is 2.35. The molecule has 0 aromatic heterocycles. The number of amides is 1. The number of nitrogens with zero attached hydrogens (tertiary/aromatic N) is 1. The molecule has 1 aromatic rings. The van der Waals surface area contributed by atoms with Crippen LogP contribution in [0.25, 0.3) is 0 Å². The number of Topliss-reactive ketones (excluding diaryl/α,β-unsaturated/α-hetero) is 1. The Kier molecular flexibility index (Phi) is 23.8. The summed E-state index contributed by atoms with van der Waals surface area (Å²) < 4.78 is 32.3. The Balaban J connectivity index is 1.10. The zero-order valence-corrected chi connectivity index (χ0v) is 43.4. The molecule has 71 heavy (non-hydrogen) atoms. The highest BCUT2D eigenvalue weighted by Gasteiger charge is 2.53. The van der Waals surface area contributed by atoms with Gasteiger partial charge in [-0.25, -0.2) is 4.79 Å². The molecule has 2 saturated carbocycles. The monoisotopic (exact) mass is 1070 g/mol. The Hall–Kier alpha value is -2.29. The van der Waals surface area contributed by atoms with Crippen LogP contribution in [-0.2, 0) is 51.2 Å². The maximum absolute atomic E-state index is 14.2. The molecule has 20 nitrogen and oxygen atoms in total. The van der Waals surface area contributed by atoms with Crippen molar-refractivity contribution in [3.05, 3.63) is 33.8 Å². The van der Waals surface area contributed by atoms with Crippen LogP contribution < -0.4 is 26.6 Å². The van der Waals surface area contributed by atoms with Crippen LogP contribution in [0.4, 0.5) is 0 Å². The number of aliphatic hydroxyl groups is 5. The second-order valence-electron chi connectivity index (χ2n) is 20.2. The lowest BCUT2D eigenvalue weighted by molar-refractivity contribution is -0.338. The third-order valence-corrected chi connectivity index (χ3v) is 15.4. The molecule has 1 amide bonds. The summed E-state index contributed by atoms with van der Waals surface area (Å²) in [6, 6.07) is 5.21. The summed E-state index contributed by atoms with van der Waals surface area (Å²) in [5.74, 6) is -2.49. The first kappa shape index (κ1) is 58.0. The first-order chi connectivity index (χ1) is 34.2. The molecule has 0 spiro atoms. The van der Waals surface area contributed by atoms with Gasteiger partial charge >= 0.3 is 5.97 Å². The molecule has 21 heteroatoms. The number of nitrogens with one attached hydrogen (secondary N) is 5. The van der Waals surface area contributed by atoms with E-state index in [0.29, 0.717) is 32.4 Å². The van der Waals surface area contributed by atoms with Gasteiger partial charge in [-0.05, 0) is 107 Å². The van der Waals surface area contributed by atoms with Crippen LogP contribution in [0.2, 0.25) is 0 Å². The SMILES string of the molecule is CCC1CC(C(=O)CCCNCc2ccc(CN3CCCNCCNCCCNCC3)c(Br)c2)CC(OC2OC(CO)C(O)C(O[C@@H](CC3CC3)C(=O)O)C2NC(C)=O)C1OC1OC(C)C(O)C(O)C1O. The van der Waals surface area contributed by atoms with Gasteiger partial charge in [-0.3, -0.25) is 14.5 Å². The second-order valence-corrected chi connectivity index (χ2v) is 21.1. The molecule has 5 aliphatic rings. The summed E-state index contributed by atoms with van der Waals surface area (Å²) in [5, 5.41) is 80.9. The van der Waals surface area contributed by atoms with Crippen molar-refractivity contribution in [2.45, 2.75) is 178 Å². The molecule has 5 fully saturated rings. The third-order valence-electron chi connectivity index (χ3n) is 14.6. The number of carbonyl (C=O) groups excluding carboxylic acids is 2. The van der Waals surface area contributed by atoms with Crippen molar-refractivity contribution in [2.75, 3.05) is 65.5 Å². The third kappa shape index (κ3) is 17.4. The van der Waals surface area contributed by atoms with Gasteiger partial charge in [0.15, 0.2) is 18.7 Å². The van der Waals surface area contributed by atoms with Gasteiger partial charge in [0, 0.05) is 63.0 Å². The Labute approximate surface area is 427 Å². The molecule has 11 N–H and O–H groups in total. The Bertz CT molecular complexity index is 1790. The van der Waals surface area contributed by atoms with Gasteiger partial charge in [0.1, 0.15) is 48.4 Å². The van der Waals surface area contributed by atoms with Gasteiger partial charge in [0.25, 0.3) is 0 Å². The van der Waals surface area contributed by atoms with Gasteiger partial charge in [0.05, 0.1) is 24.9 Å². The van der Waals surface area contributed by atoms with E-state index in [9.17, 15) is 45.0 Å². The first-order valence-corrected chi connectivity index (χ1v) is 26.9. The molecule has 1 aromatic carbocycles. The van der Waals surface area contributed by atoms with Gasteiger partial charge in [0.2, 0.25) is 5.91 Å². The highest BCUT2D eigenvalue weighted by atomic mass is 79.9. The molecule has 3 heterocycles. The number of hydrogen-bond acceptors (Lipinski definition) is 18. The quantitative estimate of drug-likeness (QED) is 0.0749. The number of ketones is 1. The van der Waals surface area contributed by atoms with Crippen molar-refractivity contribution in [1.29, 1.82) is 0 Å². The van der Waals surface area contributed by atoms with Crippen molar-refractivity contribution in [3.63, 3.8) is 0 Å². The zero-order valence-electron chi connectivity index (χ0n) is 41.8. The molecule has 15 atom stereocenters. The van der Waals surface area contributed by atoms with Crippen LogP contribution in [-0.4, -0.2) is 198 Å². The van der Waals surface area contributed by atoms with Crippen LogP contribution in [0.1, 0.15) is 96.1 Å². The normalized spacial score (nSPS) is 34.5. The molecule has 6 rings (SSSR count). The molecule has 3 aliphatic heterocycles. The highest BCUT2D eigenvalue weighted by molar-refractivity contribution is 9.10. The van der Waals surface area contributed by atoms with Gasteiger partial charge in [-0.15, -0.1) is 0 Å². The summed E-state index contributed by atoms with van der Waals surface area (Å²) in [4.78, 5) is 41.8. The van der Waals surface area contributed by atoms with E-state index in [1.165, 1.54) is 12.5 Å². The highest BCUT2D eigenvalue weighted by Crippen LogP contribution is 2.41.